The van der Waals surface area contributed by atoms with Crippen LogP contribution in [0.3, 0.4) is 0 Å². The van der Waals surface area contributed by atoms with Crippen LogP contribution in [0.2, 0.25) is 5.02 Å². The van der Waals surface area contributed by atoms with Crippen molar-refractivity contribution in [1.29, 1.82) is 0 Å². The lowest BCUT2D eigenvalue weighted by Crippen LogP contribution is -2.46. The zero-order chi connectivity index (χ0) is 18.6. The Labute approximate surface area is 165 Å². The molecule has 0 unspecified atom stereocenters. The van der Waals surface area contributed by atoms with Crippen molar-refractivity contribution >= 4 is 17.4 Å². The standard InChI is InChI=1S/C21H24ClN5/c1-2-8-26-9-11-27(12-10-26)20-14-17(6-7-23-20)21-24-15-19(25-21)16-4-3-5-18(22)13-16/h3-7,13-15H,2,8-12H2,1H3,(H,24,25). The summed E-state index contributed by atoms with van der Waals surface area (Å²) < 4.78 is 0. The van der Waals surface area contributed by atoms with Crippen LogP contribution in [0.25, 0.3) is 22.6 Å². The minimum Gasteiger partial charge on any atom is -0.354 e. The van der Waals surface area contributed by atoms with Crippen molar-refractivity contribution < 1.29 is 0 Å². The number of pyridine rings is 1. The number of piperazine rings is 1. The van der Waals surface area contributed by atoms with Gasteiger partial charge in [-0.05, 0) is 37.2 Å². The van der Waals surface area contributed by atoms with Crippen molar-refractivity contribution in [3.63, 3.8) is 0 Å². The fourth-order valence-electron chi connectivity index (χ4n) is 3.52. The number of aromatic amines is 1. The lowest BCUT2D eigenvalue weighted by Gasteiger charge is -2.35. The molecule has 0 spiro atoms. The monoisotopic (exact) mass is 381 g/mol. The number of anilines is 1. The third-order valence-corrected chi connectivity index (χ3v) is 5.19. The maximum Gasteiger partial charge on any atom is 0.138 e. The van der Waals surface area contributed by atoms with Gasteiger partial charge in [-0.2, -0.15) is 0 Å². The molecule has 0 amide bonds. The molecular weight excluding hydrogens is 358 g/mol. The van der Waals surface area contributed by atoms with Gasteiger partial charge in [0, 0.05) is 54.7 Å². The van der Waals surface area contributed by atoms with Crippen LogP contribution >= 0.6 is 11.6 Å². The van der Waals surface area contributed by atoms with Crippen molar-refractivity contribution in [2.24, 2.45) is 0 Å². The average Bonchev–Trinajstić information content (AvgIpc) is 3.19. The average molecular weight is 382 g/mol. The van der Waals surface area contributed by atoms with Gasteiger partial charge in [-0.15, -0.1) is 0 Å². The van der Waals surface area contributed by atoms with Gasteiger partial charge >= 0.3 is 0 Å². The number of hydrogen-bond acceptors (Lipinski definition) is 4. The summed E-state index contributed by atoms with van der Waals surface area (Å²) >= 11 is 6.10. The normalized spacial score (nSPS) is 15.3. The second kappa shape index (κ2) is 8.11. The first-order chi connectivity index (χ1) is 13.2. The molecule has 0 radical (unpaired) electrons. The number of nitrogens with zero attached hydrogens (tertiary/aromatic N) is 4. The van der Waals surface area contributed by atoms with Crippen LogP contribution in [-0.4, -0.2) is 52.6 Å². The van der Waals surface area contributed by atoms with E-state index in [1.807, 2.05) is 42.7 Å². The highest BCUT2D eigenvalue weighted by atomic mass is 35.5. The van der Waals surface area contributed by atoms with E-state index in [1.54, 1.807) is 0 Å². The Kier molecular flexibility index (Phi) is 5.41. The predicted molar refractivity (Wildman–Crippen MR) is 111 cm³/mol. The molecule has 1 aliphatic rings. The highest BCUT2D eigenvalue weighted by molar-refractivity contribution is 6.30. The van der Waals surface area contributed by atoms with Gasteiger partial charge in [0.05, 0.1) is 5.69 Å². The van der Waals surface area contributed by atoms with Gasteiger partial charge < -0.3 is 9.88 Å². The number of imidazole rings is 1. The van der Waals surface area contributed by atoms with E-state index in [2.05, 4.69) is 32.8 Å². The van der Waals surface area contributed by atoms with E-state index in [4.69, 9.17) is 16.6 Å². The molecule has 3 aromatic rings. The van der Waals surface area contributed by atoms with Gasteiger partial charge in [-0.3, -0.25) is 4.90 Å². The number of hydrogen-bond donors (Lipinski definition) is 1. The third kappa shape index (κ3) is 4.15. The third-order valence-electron chi connectivity index (χ3n) is 4.95. The Morgan fingerprint density at radius 2 is 1.93 bits per heavy atom. The Balaban J connectivity index is 1.52. The smallest absolute Gasteiger partial charge is 0.138 e. The molecule has 1 aliphatic heterocycles. The minimum absolute atomic E-state index is 0.713. The molecule has 0 bridgehead atoms. The number of halogens is 1. The van der Waals surface area contributed by atoms with E-state index >= 15 is 0 Å². The van der Waals surface area contributed by atoms with Gasteiger partial charge in [-0.1, -0.05) is 30.7 Å². The second-order valence-corrected chi connectivity index (χ2v) is 7.31. The molecule has 140 valence electrons. The first-order valence-electron chi connectivity index (χ1n) is 9.48. The van der Waals surface area contributed by atoms with Crippen LogP contribution in [0.15, 0.2) is 48.8 Å². The van der Waals surface area contributed by atoms with Gasteiger partial charge in [0.25, 0.3) is 0 Å². The SMILES string of the molecule is CCCN1CCN(c2cc(-c3nc(-c4cccc(Cl)c4)c[nH]3)ccn2)CC1. The van der Waals surface area contributed by atoms with Crippen molar-refractivity contribution in [3.05, 3.63) is 53.8 Å². The molecule has 4 rings (SSSR count). The van der Waals surface area contributed by atoms with E-state index in [-0.39, 0.29) is 0 Å². The lowest BCUT2D eigenvalue weighted by atomic mass is 10.2. The Hall–Kier alpha value is -2.37. The van der Waals surface area contributed by atoms with Crippen molar-refractivity contribution in [1.82, 2.24) is 19.9 Å². The van der Waals surface area contributed by atoms with Gasteiger partial charge in [0.1, 0.15) is 11.6 Å². The molecule has 1 saturated heterocycles. The van der Waals surface area contributed by atoms with Gasteiger partial charge in [0.2, 0.25) is 0 Å². The van der Waals surface area contributed by atoms with Crippen LogP contribution < -0.4 is 4.90 Å². The Bertz CT molecular complexity index is 899. The highest BCUT2D eigenvalue weighted by Gasteiger charge is 2.18. The molecule has 0 atom stereocenters. The zero-order valence-electron chi connectivity index (χ0n) is 15.5. The molecule has 0 saturated carbocycles. The summed E-state index contributed by atoms with van der Waals surface area (Å²) in [5.41, 5.74) is 2.94. The summed E-state index contributed by atoms with van der Waals surface area (Å²) in [6, 6.07) is 11.9. The topological polar surface area (TPSA) is 48.0 Å². The number of benzene rings is 1. The molecule has 3 heterocycles. The quantitative estimate of drug-likeness (QED) is 0.714. The van der Waals surface area contributed by atoms with Crippen LogP contribution in [0.1, 0.15) is 13.3 Å². The van der Waals surface area contributed by atoms with Crippen molar-refractivity contribution in [2.75, 3.05) is 37.6 Å². The van der Waals surface area contributed by atoms with Crippen LogP contribution in [0, 0.1) is 0 Å². The summed E-state index contributed by atoms with van der Waals surface area (Å²) in [6.07, 6.45) is 5.00. The molecule has 6 heteroatoms. The van der Waals surface area contributed by atoms with Crippen LogP contribution in [-0.2, 0) is 0 Å². The lowest BCUT2D eigenvalue weighted by molar-refractivity contribution is 0.258. The van der Waals surface area contributed by atoms with Crippen molar-refractivity contribution in [3.8, 4) is 22.6 Å². The first-order valence-corrected chi connectivity index (χ1v) is 9.86. The largest absolute Gasteiger partial charge is 0.354 e. The summed E-state index contributed by atoms with van der Waals surface area (Å²) in [4.78, 5) is 17.5. The fourth-order valence-corrected chi connectivity index (χ4v) is 3.71. The maximum absolute atomic E-state index is 6.10. The molecule has 1 fully saturated rings. The molecule has 5 nitrogen and oxygen atoms in total. The number of aromatic nitrogens is 3. The molecule has 0 aliphatic carbocycles. The molecule has 1 N–H and O–H groups in total. The summed E-state index contributed by atoms with van der Waals surface area (Å²) in [5.74, 6) is 1.86. The molecule has 27 heavy (non-hydrogen) atoms. The predicted octanol–water partition coefficient (Wildman–Crippen LogP) is 4.32. The van der Waals surface area contributed by atoms with Crippen molar-refractivity contribution in [2.45, 2.75) is 13.3 Å². The fraction of sp³-hybridized carbons (Fsp3) is 0.333. The minimum atomic E-state index is 0.713. The van der Waals surface area contributed by atoms with E-state index in [0.717, 1.165) is 54.6 Å². The van der Waals surface area contributed by atoms with Gasteiger partial charge in [0.15, 0.2) is 0 Å². The number of nitrogens with one attached hydrogen (secondary N) is 1. The van der Waals surface area contributed by atoms with E-state index in [1.165, 1.54) is 13.0 Å². The Morgan fingerprint density at radius 1 is 1.07 bits per heavy atom. The Morgan fingerprint density at radius 3 is 2.70 bits per heavy atom. The first kappa shape index (κ1) is 18.0. The molecule has 1 aromatic carbocycles. The number of H-pyrrole nitrogens is 1. The summed E-state index contributed by atoms with van der Waals surface area (Å²) in [5, 5.41) is 0.713. The molecular formula is C21H24ClN5. The van der Waals surface area contributed by atoms with E-state index in [9.17, 15) is 0 Å². The van der Waals surface area contributed by atoms with Gasteiger partial charge in [-0.25, -0.2) is 9.97 Å². The van der Waals surface area contributed by atoms with Crippen LogP contribution in [0.4, 0.5) is 5.82 Å². The zero-order valence-corrected chi connectivity index (χ0v) is 16.3. The van der Waals surface area contributed by atoms with E-state index < -0.39 is 0 Å². The second-order valence-electron chi connectivity index (χ2n) is 6.88. The maximum atomic E-state index is 6.10. The summed E-state index contributed by atoms with van der Waals surface area (Å²) in [7, 11) is 0. The summed E-state index contributed by atoms with van der Waals surface area (Å²) in [6.45, 7) is 7.64. The van der Waals surface area contributed by atoms with E-state index in [0.29, 0.717) is 5.02 Å². The van der Waals surface area contributed by atoms with Crippen LogP contribution in [0.5, 0.6) is 0 Å². The number of rotatable bonds is 5. The molecule has 2 aromatic heterocycles. The highest BCUT2D eigenvalue weighted by Crippen LogP contribution is 2.26.